The fourth-order valence-corrected chi connectivity index (χ4v) is 7.53. The lowest BCUT2D eigenvalue weighted by atomic mass is 9.88. The Hall–Kier alpha value is -1.42. The van der Waals surface area contributed by atoms with Gasteiger partial charge in [0, 0.05) is 22.8 Å². The Labute approximate surface area is 192 Å². The first-order valence-electron chi connectivity index (χ1n) is 10.3. The van der Waals surface area contributed by atoms with Gasteiger partial charge in [0.1, 0.15) is 5.00 Å². The van der Waals surface area contributed by atoms with E-state index in [2.05, 4.69) is 38.8 Å². The zero-order valence-corrected chi connectivity index (χ0v) is 20.4. The Balaban J connectivity index is 1.49. The molecule has 0 spiro atoms. The molecule has 1 atom stereocenters. The number of carbonyl (C=O) groups excluding carboxylic acids is 2. The minimum Gasteiger partial charge on any atom is -0.462 e. The summed E-state index contributed by atoms with van der Waals surface area (Å²) in [4.78, 5) is 27.8. The van der Waals surface area contributed by atoms with Crippen molar-refractivity contribution in [1.82, 2.24) is 10.6 Å². The number of urea groups is 1. The van der Waals surface area contributed by atoms with E-state index in [4.69, 9.17) is 4.74 Å². The van der Waals surface area contributed by atoms with Gasteiger partial charge in [-0.05, 0) is 77.7 Å². The first kappa shape index (κ1) is 21.8. The number of hydrogen-bond donors (Lipinski definition) is 3. The summed E-state index contributed by atoms with van der Waals surface area (Å²) in [5.74, 6) is 0.242. The van der Waals surface area contributed by atoms with Gasteiger partial charge < -0.3 is 15.4 Å². The lowest BCUT2D eigenvalue weighted by Crippen LogP contribution is -2.29. The topological polar surface area (TPSA) is 79.5 Å². The summed E-state index contributed by atoms with van der Waals surface area (Å²) < 4.78 is 6.36. The first-order chi connectivity index (χ1) is 14.5. The monoisotopic (exact) mass is 511 g/mol. The smallest absolute Gasteiger partial charge is 0.341 e. The van der Waals surface area contributed by atoms with Crippen molar-refractivity contribution >= 4 is 55.6 Å². The van der Waals surface area contributed by atoms with Crippen molar-refractivity contribution in [3.8, 4) is 0 Å². The summed E-state index contributed by atoms with van der Waals surface area (Å²) in [7, 11) is 0. The summed E-state index contributed by atoms with van der Waals surface area (Å²) >= 11 is 6.88. The summed E-state index contributed by atoms with van der Waals surface area (Å²) in [5, 5.41) is 9.88. The second-order valence-electron chi connectivity index (χ2n) is 7.77. The molecule has 1 aliphatic heterocycles. The molecule has 6 nitrogen and oxygen atoms in total. The van der Waals surface area contributed by atoms with Gasteiger partial charge in [-0.2, -0.15) is 0 Å². The number of carbonyl (C=O) groups is 2. The molecule has 4 rings (SSSR count). The molecule has 0 radical (unpaired) electrons. The van der Waals surface area contributed by atoms with Gasteiger partial charge in [0.05, 0.1) is 16.0 Å². The van der Waals surface area contributed by atoms with Crippen LogP contribution < -0.4 is 16.0 Å². The third-order valence-electron chi connectivity index (χ3n) is 5.63. The Kier molecular flexibility index (Phi) is 6.81. The van der Waals surface area contributed by atoms with Gasteiger partial charge in [-0.25, -0.2) is 9.59 Å². The molecule has 162 valence electrons. The fourth-order valence-electron chi connectivity index (χ4n) is 4.12. The SMILES string of the molecule is CCOC(=O)c1c(NC(=O)NCc2c(Br)sc3c2CCNC3)sc2c1CCC(C)C2. The zero-order valence-electron chi connectivity index (χ0n) is 17.2. The third-order valence-corrected chi connectivity index (χ3v) is 8.83. The molecule has 2 aliphatic rings. The summed E-state index contributed by atoms with van der Waals surface area (Å²) in [6.45, 7) is 6.63. The van der Waals surface area contributed by atoms with Crippen molar-refractivity contribution in [1.29, 1.82) is 0 Å². The lowest BCUT2D eigenvalue weighted by Gasteiger charge is -2.18. The zero-order chi connectivity index (χ0) is 21.3. The largest absolute Gasteiger partial charge is 0.462 e. The van der Waals surface area contributed by atoms with Crippen LogP contribution in [0.2, 0.25) is 0 Å². The molecule has 0 fully saturated rings. The van der Waals surface area contributed by atoms with Crippen LogP contribution in [-0.2, 0) is 37.1 Å². The van der Waals surface area contributed by atoms with Gasteiger partial charge in [-0.1, -0.05) is 6.92 Å². The number of halogens is 1. The molecular weight excluding hydrogens is 486 g/mol. The summed E-state index contributed by atoms with van der Waals surface area (Å²) in [6, 6.07) is -0.298. The van der Waals surface area contributed by atoms with Crippen LogP contribution in [0.1, 0.15) is 57.1 Å². The summed E-state index contributed by atoms with van der Waals surface area (Å²) in [5.41, 5.74) is 4.07. The highest BCUT2D eigenvalue weighted by molar-refractivity contribution is 9.11. The molecule has 0 saturated heterocycles. The van der Waals surface area contributed by atoms with Crippen LogP contribution in [0.3, 0.4) is 0 Å². The van der Waals surface area contributed by atoms with Crippen LogP contribution in [0.25, 0.3) is 0 Å². The van der Waals surface area contributed by atoms with Crippen molar-refractivity contribution in [2.24, 2.45) is 5.92 Å². The van der Waals surface area contributed by atoms with Crippen LogP contribution in [0, 0.1) is 5.92 Å². The number of esters is 1. The standard InChI is InChI=1S/C21H26BrN3O3S2/c1-3-28-20(26)17-13-5-4-11(2)8-15(13)30-19(17)25-21(27)24-9-14-12-6-7-23-10-16(12)29-18(14)22/h11,23H,3-10H2,1-2H3,(H2,24,25,27). The predicted molar refractivity (Wildman–Crippen MR) is 125 cm³/mol. The Morgan fingerprint density at radius 1 is 1.23 bits per heavy atom. The second-order valence-corrected chi connectivity index (χ2v) is 11.3. The predicted octanol–water partition coefficient (Wildman–Crippen LogP) is 4.84. The van der Waals surface area contributed by atoms with E-state index in [1.54, 1.807) is 18.3 Å². The van der Waals surface area contributed by atoms with Crippen molar-refractivity contribution in [2.45, 2.75) is 52.6 Å². The molecule has 9 heteroatoms. The normalized spacial score (nSPS) is 17.8. The van der Waals surface area contributed by atoms with Crippen LogP contribution in [0.5, 0.6) is 0 Å². The van der Waals surface area contributed by atoms with Crippen LogP contribution in [0.4, 0.5) is 9.80 Å². The number of hydrogen-bond acceptors (Lipinski definition) is 6. The van der Waals surface area contributed by atoms with Gasteiger partial charge in [-0.15, -0.1) is 22.7 Å². The molecule has 2 aromatic rings. The molecular formula is C21H26BrN3O3S2. The first-order valence-corrected chi connectivity index (χ1v) is 12.8. The van der Waals surface area contributed by atoms with E-state index in [-0.39, 0.29) is 12.0 Å². The van der Waals surface area contributed by atoms with Crippen molar-refractivity contribution in [3.63, 3.8) is 0 Å². The van der Waals surface area contributed by atoms with Gasteiger partial charge in [0.2, 0.25) is 0 Å². The maximum atomic E-state index is 12.7. The summed E-state index contributed by atoms with van der Waals surface area (Å²) in [6.07, 6.45) is 3.82. The molecule has 30 heavy (non-hydrogen) atoms. The molecule has 1 aliphatic carbocycles. The van der Waals surface area contributed by atoms with Gasteiger partial charge in [0.15, 0.2) is 0 Å². The van der Waals surface area contributed by atoms with Crippen molar-refractivity contribution < 1.29 is 14.3 Å². The maximum Gasteiger partial charge on any atom is 0.341 e. The average Bonchev–Trinajstić information content (AvgIpc) is 3.22. The molecule has 2 amide bonds. The minimum absolute atomic E-state index is 0.298. The lowest BCUT2D eigenvalue weighted by molar-refractivity contribution is 0.0526. The molecule has 2 aromatic heterocycles. The Morgan fingerprint density at radius 3 is 2.87 bits per heavy atom. The van der Waals surface area contributed by atoms with E-state index in [0.29, 0.717) is 29.6 Å². The van der Waals surface area contributed by atoms with Crippen molar-refractivity contribution in [3.05, 3.63) is 35.8 Å². The number of anilines is 1. The van der Waals surface area contributed by atoms with Gasteiger partial charge in [0.25, 0.3) is 0 Å². The van der Waals surface area contributed by atoms with E-state index < -0.39 is 0 Å². The minimum atomic E-state index is -0.345. The van der Waals surface area contributed by atoms with Crippen LogP contribution >= 0.6 is 38.6 Å². The number of ether oxygens (including phenoxy) is 1. The maximum absolute atomic E-state index is 12.7. The molecule has 0 bridgehead atoms. The quantitative estimate of drug-likeness (QED) is 0.501. The molecule has 3 heterocycles. The van der Waals surface area contributed by atoms with Gasteiger partial charge in [-0.3, -0.25) is 5.32 Å². The number of nitrogens with one attached hydrogen (secondary N) is 3. The number of amides is 2. The van der Waals surface area contributed by atoms with Gasteiger partial charge >= 0.3 is 12.0 Å². The van der Waals surface area contributed by atoms with E-state index in [0.717, 1.165) is 53.7 Å². The van der Waals surface area contributed by atoms with E-state index in [9.17, 15) is 9.59 Å². The van der Waals surface area contributed by atoms with Crippen LogP contribution in [0.15, 0.2) is 3.79 Å². The number of fused-ring (bicyclic) bond motifs is 2. The average molecular weight is 512 g/mol. The molecule has 3 N–H and O–H groups in total. The molecule has 0 saturated carbocycles. The van der Waals surface area contributed by atoms with E-state index in [1.807, 2.05) is 0 Å². The second kappa shape index (κ2) is 9.38. The number of thiophene rings is 2. The highest BCUT2D eigenvalue weighted by atomic mass is 79.9. The molecule has 1 unspecified atom stereocenters. The highest BCUT2D eigenvalue weighted by Crippen LogP contribution is 2.40. The number of rotatable bonds is 5. The molecule has 0 aromatic carbocycles. The highest BCUT2D eigenvalue weighted by Gasteiger charge is 2.29. The van der Waals surface area contributed by atoms with E-state index in [1.165, 1.54) is 26.7 Å². The van der Waals surface area contributed by atoms with E-state index >= 15 is 0 Å². The Morgan fingerprint density at radius 2 is 2.07 bits per heavy atom. The van der Waals surface area contributed by atoms with Crippen molar-refractivity contribution in [2.75, 3.05) is 18.5 Å². The third kappa shape index (κ3) is 4.44. The van der Waals surface area contributed by atoms with Crippen LogP contribution in [-0.4, -0.2) is 25.2 Å². The fraction of sp³-hybridized carbons (Fsp3) is 0.524. The Bertz CT molecular complexity index is 969.